The van der Waals surface area contributed by atoms with E-state index in [1.807, 2.05) is 59.8 Å². The summed E-state index contributed by atoms with van der Waals surface area (Å²) in [6.07, 6.45) is 12.6. The molecule has 0 aliphatic rings. The van der Waals surface area contributed by atoms with E-state index in [9.17, 15) is 0 Å². The highest BCUT2D eigenvalue weighted by Crippen LogP contribution is 2.14. The van der Waals surface area contributed by atoms with E-state index < -0.39 is 0 Å². The molecule has 4 nitrogen and oxygen atoms in total. The summed E-state index contributed by atoms with van der Waals surface area (Å²) in [6, 6.07) is 0. The summed E-state index contributed by atoms with van der Waals surface area (Å²) < 4.78 is 1.77. The molecule has 2 aromatic heterocycles. The molecule has 0 unspecified atom stereocenters. The molecule has 5 heteroatoms. The van der Waals surface area contributed by atoms with Gasteiger partial charge in [0.05, 0.1) is 18.1 Å². The first-order valence-electron chi connectivity index (χ1n) is 9.19. The van der Waals surface area contributed by atoms with Crippen molar-refractivity contribution in [2.45, 2.75) is 48.1 Å². The highest BCUT2D eigenvalue weighted by Gasteiger charge is 2.06. The summed E-state index contributed by atoms with van der Waals surface area (Å²) in [7, 11) is 0. The van der Waals surface area contributed by atoms with Crippen molar-refractivity contribution in [3.05, 3.63) is 79.9 Å². The fourth-order valence-electron chi connectivity index (χ4n) is 1.64. The molecule has 0 radical (unpaired) electrons. The first-order chi connectivity index (χ1) is 13.2. The van der Waals surface area contributed by atoms with Crippen LogP contribution in [0.1, 0.15) is 41.5 Å². The molecule has 0 saturated heterocycles. The lowest BCUT2D eigenvalue weighted by molar-refractivity contribution is 0.703. The van der Waals surface area contributed by atoms with Gasteiger partial charge in [-0.25, -0.2) is 9.67 Å². The zero-order valence-corrected chi connectivity index (χ0v) is 18.5. The molecule has 0 aromatic carbocycles. The molecule has 0 amide bonds. The number of nitrogens with zero attached hydrogens (tertiary/aromatic N) is 4. The second-order valence-electron chi connectivity index (χ2n) is 3.79. The summed E-state index contributed by atoms with van der Waals surface area (Å²) in [5.74, 6) is 0. The quantitative estimate of drug-likeness (QED) is 0.307. The minimum absolute atomic E-state index is 0.213. The Morgan fingerprint density at radius 1 is 1.04 bits per heavy atom. The molecule has 0 N–H and O–H groups in total. The predicted octanol–water partition coefficient (Wildman–Crippen LogP) is 7.22. The largest absolute Gasteiger partial charge is 0.243 e. The number of hydrogen-bond acceptors (Lipinski definition) is 3. The molecule has 27 heavy (non-hydrogen) atoms. The highest BCUT2D eigenvalue weighted by atomic mass is 35.5. The molecule has 0 saturated carbocycles. The Morgan fingerprint density at radius 3 is 2.15 bits per heavy atom. The lowest BCUT2D eigenvalue weighted by Gasteiger charge is -2.03. The molecule has 0 atom stereocenters. The van der Waals surface area contributed by atoms with Gasteiger partial charge in [-0.05, 0) is 17.2 Å². The van der Waals surface area contributed by atoms with Crippen LogP contribution in [-0.2, 0) is 6.54 Å². The van der Waals surface area contributed by atoms with Crippen molar-refractivity contribution in [1.82, 2.24) is 19.7 Å². The Labute approximate surface area is 170 Å². The number of aromatic nitrogens is 4. The fraction of sp³-hybridized carbons (Fsp3) is 0.318. The predicted molar refractivity (Wildman–Crippen MR) is 123 cm³/mol. The van der Waals surface area contributed by atoms with Crippen LogP contribution in [0.25, 0.3) is 11.0 Å². The third kappa shape index (κ3) is 11.7. The third-order valence-corrected chi connectivity index (χ3v) is 2.64. The normalized spacial score (nSPS) is 9.37. The topological polar surface area (TPSA) is 43.6 Å². The van der Waals surface area contributed by atoms with Crippen molar-refractivity contribution in [1.29, 1.82) is 0 Å². The Hall–Kier alpha value is -2.46. The average Bonchev–Trinajstić information content (AvgIpc) is 3.14. The molecule has 0 fully saturated rings. The minimum atomic E-state index is 0.213. The van der Waals surface area contributed by atoms with Crippen molar-refractivity contribution in [3.63, 3.8) is 0 Å². The van der Waals surface area contributed by atoms with Crippen LogP contribution in [0.3, 0.4) is 0 Å². The zero-order valence-electron chi connectivity index (χ0n) is 17.7. The molecule has 2 heterocycles. The maximum atomic E-state index is 5.81. The Morgan fingerprint density at radius 2 is 1.63 bits per heavy atom. The molecule has 0 spiro atoms. The molecule has 150 valence electrons. The van der Waals surface area contributed by atoms with Crippen LogP contribution in [0, 0.1) is 0 Å². The minimum Gasteiger partial charge on any atom is -0.243 e. The van der Waals surface area contributed by atoms with Crippen LogP contribution in [-0.4, -0.2) is 19.7 Å². The number of rotatable bonds is 5. The van der Waals surface area contributed by atoms with E-state index in [1.165, 1.54) is 0 Å². The third-order valence-electron chi connectivity index (χ3n) is 2.46. The van der Waals surface area contributed by atoms with E-state index in [1.54, 1.807) is 29.2 Å². The van der Waals surface area contributed by atoms with Crippen LogP contribution in [0.2, 0.25) is 5.28 Å². The van der Waals surface area contributed by atoms with E-state index in [-0.39, 0.29) is 5.28 Å². The molecule has 2 aromatic rings. The average molecular weight is 391 g/mol. The van der Waals surface area contributed by atoms with Crippen molar-refractivity contribution < 1.29 is 0 Å². The maximum Gasteiger partial charge on any atom is 0.224 e. The smallest absolute Gasteiger partial charge is 0.224 e. The van der Waals surface area contributed by atoms with Crippen LogP contribution < -0.4 is 0 Å². The number of fused-ring (bicyclic) bond motifs is 1. The van der Waals surface area contributed by atoms with Gasteiger partial charge in [-0.3, -0.25) is 0 Å². The van der Waals surface area contributed by atoms with Gasteiger partial charge in [0.1, 0.15) is 0 Å². The Kier molecular flexibility index (Phi) is 23.4. The van der Waals surface area contributed by atoms with Crippen molar-refractivity contribution in [3.8, 4) is 0 Å². The van der Waals surface area contributed by atoms with Gasteiger partial charge >= 0.3 is 0 Å². The number of halogens is 1. The van der Waals surface area contributed by atoms with E-state index in [0.717, 1.165) is 11.0 Å². The molecular weight excluding hydrogens is 356 g/mol. The molecule has 0 aliphatic heterocycles. The summed E-state index contributed by atoms with van der Waals surface area (Å²) in [5.41, 5.74) is 1.75. The van der Waals surface area contributed by atoms with Crippen LogP contribution in [0.5, 0.6) is 0 Å². The van der Waals surface area contributed by atoms with Crippen molar-refractivity contribution in [2.24, 2.45) is 0 Å². The zero-order chi connectivity index (χ0) is 21.7. The van der Waals surface area contributed by atoms with Gasteiger partial charge in [-0.2, -0.15) is 10.1 Å². The van der Waals surface area contributed by atoms with E-state index in [4.69, 9.17) is 11.6 Å². The highest BCUT2D eigenvalue weighted by molar-refractivity contribution is 6.28. The second-order valence-corrected chi connectivity index (χ2v) is 4.13. The van der Waals surface area contributed by atoms with Crippen LogP contribution in [0.15, 0.2) is 74.7 Å². The number of hydrogen-bond donors (Lipinski definition) is 0. The van der Waals surface area contributed by atoms with E-state index in [2.05, 4.69) is 41.4 Å². The van der Waals surface area contributed by atoms with Gasteiger partial charge in [0.25, 0.3) is 0 Å². The van der Waals surface area contributed by atoms with Crippen LogP contribution in [0.4, 0.5) is 0 Å². The van der Waals surface area contributed by atoms with E-state index >= 15 is 0 Å². The van der Waals surface area contributed by atoms with Gasteiger partial charge in [0, 0.05) is 6.20 Å². The standard InChI is InChI=1S/C14H13ClN4.3C2H6.C2H4/c1-3-5-7-11(6-4-2)10-19-13-12(9-17-19)8-16-14(15)18-13;4*1-2/h3-9H,1-2,10H2;3*1-2H3;1-2H2/b7-5-,11-6+;;;;. The van der Waals surface area contributed by atoms with Crippen molar-refractivity contribution >= 4 is 22.6 Å². The first kappa shape index (κ1) is 29.3. The monoisotopic (exact) mass is 390 g/mol. The molecule has 0 bridgehead atoms. The van der Waals surface area contributed by atoms with Crippen LogP contribution >= 0.6 is 11.6 Å². The number of allylic oxidation sites excluding steroid dienone is 6. The summed E-state index contributed by atoms with van der Waals surface area (Å²) >= 11 is 5.81. The maximum absolute atomic E-state index is 5.81. The summed E-state index contributed by atoms with van der Waals surface area (Å²) in [6.45, 7) is 25.9. The molecule has 2 rings (SSSR count). The summed E-state index contributed by atoms with van der Waals surface area (Å²) in [5, 5.41) is 5.36. The molecular formula is C22H35ClN4. The Balaban J connectivity index is -0.000000638. The van der Waals surface area contributed by atoms with Gasteiger partial charge in [0.15, 0.2) is 5.65 Å². The SMILES string of the molecule is C=C.C=C/C=C\C(=C/C=C)Cn1ncc2cnc(Cl)nc21.CC.CC.CC. The summed E-state index contributed by atoms with van der Waals surface area (Å²) in [4.78, 5) is 8.12. The first-order valence-corrected chi connectivity index (χ1v) is 9.57. The lowest BCUT2D eigenvalue weighted by Crippen LogP contribution is -2.03. The van der Waals surface area contributed by atoms with Gasteiger partial charge < -0.3 is 0 Å². The lowest BCUT2D eigenvalue weighted by atomic mass is 10.2. The van der Waals surface area contributed by atoms with E-state index in [0.29, 0.717) is 12.2 Å². The second kappa shape index (κ2) is 21.6. The van der Waals surface area contributed by atoms with Crippen molar-refractivity contribution in [2.75, 3.05) is 0 Å². The Bertz CT molecular complexity index is 685. The van der Waals surface area contributed by atoms with Gasteiger partial charge in [0.2, 0.25) is 5.28 Å². The van der Waals surface area contributed by atoms with Gasteiger partial charge in [-0.1, -0.05) is 85.1 Å². The van der Waals surface area contributed by atoms with Gasteiger partial charge in [-0.15, -0.1) is 13.2 Å². The molecule has 0 aliphatic carbocycles. The fourth-order valence-corrected chi connectivity index (χ4v) is 1.77.